The Kier molecular flexibility index (Phi) is 2.39. The van der Waals surface area contributed by atoms with Crippen LogP contribution < -0.4 is 0 Å². The maximum atomic E-state index is 11.9. The molecule has 1 nitrogen and oxygen atoms in total. The van der Waals surface area contributed by atoms with Crippen molar-refractivity contribution in [3.63, 3.8) is 0 Å². The highest BCUT2D eigenvalue weighted by Gasteiger charge is 2.20. The van der Waals surface area contributed by atoms with Crippen molar-refractivity contribution in [1.29, 1.82) is 0 Å². The van der Waals surface area contributed by atoms with Crippen LogP contribution in [0.5, 0.6) is 0 Å². The Morgan fingerprint density at radius 3 is 2.55 bits per heavy atom. The normalized spacial score (nSPS) is 29.6. The molecular formula is C9H15OP. The average molecular weight is 170 g/mol. The van der Waals surface area contributed by atoms with Gasteiger partial charge in [0.05, 0.1) is 0 Å². The second-order valence-electron chi connectivity index (χ2n) is 3.62. The van der Waals surface area contributed by atoms with E-state index in [1.807, 2.05) is 24.6 Å². The molecule has 1 aliphatic rings. The van der Waals surface area contributed by atoms with E-state index in [2.05, 4.69) is 13.8 Å². The van der Waals surface area contributed by atoms with Crippen LogP contribution in [0.25, 0.3) is 0 Å². The third-order valence-corrected chi connectivity index (χ3v) is 4.46. The molecule has 2 heteroatoms. The molecule has 0 amide bonds. The predicted octanol–water partition coefficient (Wildman–Crippen LogP) is 3.44. The summed E-state index contributed by atoms with van der Waals surface area (Å²) in [7, 11) is -2.02. The van der Waals surface area contributed by atoms with Crippen LogP contribution in [0.15, 0.2) is 23.3 Å². The van der Waals surface area contributed by atoms with Crippen LogP contribution in [-0.4, -0.2) is 6.16 Å². The monoisotopic (exact) mass is 170 g/mol. The van der Waals surface area contributed by atoms with Crippen molar-refractivity contribution < 1.29 is 4.57 Å². The summed E-state index contributed by atoms with van der Waals surface area (Å²) in [5, 5.41) is 0. The lowest BCUT2D eigenvalue weighted by molar-refractivity contribution is 0.578. The molecular weight excluding hydrogens is 155 g/mol. The first-order valence-corrected chi connectivity index (χ1v) is 6.02. The van der Waals surface area contributed by atoms with E-state index in [0.29, 0.717) is 5.92 Å². The van der Waals surface area contributed by atoms with E-state index in [1.54, 1.807) is 0 Å². The van der Waals surface area contributed by atoms with Crippen molar-refractivity contribution in [2.75, 3.05) is 6.16 Å². The SMILES string of the molecule is CC1=CP(=O)(CC(C)C)C=C1. The number of hydrogen-bond donors (Lipinski definition) is 0. The van der Waals surface area contributed by atoms with Gasteiger partial charge in [0.2, 0.25) is 0 Å². The fraction of sp³-hybridized carbons (Fsp3) is 0.556. The van der Waals surface area contributed by atoms with Crippen molar-refractivity contribution in [1.82, 2.24) is 0 Å². The largest absolute Gasteiger partial charge is 0.315 e. The maximum absolute atomic E-state index is 11.9. The van der Waals surface area contributed by atoms with Gasteiger partial charge >= 0.3 is 0 Å². The van der Waals surface area contributed by atoms with E-state index < -0.39 is 7.14 Å². The van der Waals surface area contributed by atoms with Gasteiger partial charge in [0.15, 0.2) is 0 Å². The molecule has 0 aliphatic carbocycles. The first kappa shape index (κ1) is 8.80. The smallest absolute Gasteiger partial charge is 0.130 e. The molecule has 0 N–H and O–H groups in total. The summed E-state index contributed by atoms with van der Waals surface area (Å²) in [5.74, 6) is 4.32. The zero-order chi connectivity index (χ0) is 8.48. The molecule has 0 fully saturated rings. The Morgan fingerprint density at radius 1 is 1.55 bits per heavy atom. The Labute approximate surface area is 68.6 Å². The summed E-state index contributed by atoms with van der Waals surface area (Å²) >= 11 is 0. The zero-order valence-electron chi connectivity index (χ0n) is 7.37. The molecule has 0 aromatic carbocycles. The molecule has 0 aromatic heterocycles. The van der Waals surface area contributed by atoms with Gasteiger partial charge in [-0.1, -0.05) is 19.9 Å². The van der Waals surface area contributed by atoms with Gasteiger partial charge in [-0.2, -0.15) is 0 Å². The third kappa shape index (κ3) is 2.34. The summed E-state index contributed by atoms with van der Waals surface area (Å²) < 4.78 is 11.9. The van der Waals surface area contributed by atoms with Crippen LogP contribution in [0.2, 0.25) is 0 Å². The first-order valence-electron chi connectivity index (χ1n) is 3.99. The van der Waals surface area contributed by atoms with Crippen LogP contribution in [-0.2, 0) is 4.57 Å². The van der Waals surface area contributed by atoms with Crippen LogP contribution in [0.4, 0.5) is 0 Å². The molecule has 1 aliphatic heterocycles. The van der Waals surface area contributed by atoms with E-state index in [-0.39, 0.29) is 0 Å². The third-order valence-electron chi connectivity index (χ3n) is 1.66. The number of hydrogen-bond acceptors (Lipinski definition) is 1. The molecule has 1 atom stereocenters. The molecule has 1 unspecified atom stereocenters. The van der Waals surface area contributed by atoms with E-state index in [9.17, 15) is 4.57 Å². The minimum Gasteiger partial charge on any atom is -0.315 e. The van der Waals surface area contributed by atoms with Gasteiger partial charge in [-0.15, -0.1) is 0 Å². The van der Waals surface area contributed by atoms with Crippen molar-refractivity contribution in [3.05, 3.63) is 23.3 Å². The second-order valence-corrected chi connectivity index (χ2v) is 6.25. The predicted molar refractivity (Wildman–Crippen MR) is 50.2 cm³/mol. The van der Waals surface area contributed by atoms with Gasteiger partial charge in [-0.25, -0.2) is 0 Å². The molecule has 0 aromatic rings. The lowest BCUT2D eigenvalue weighted by Gasteiger charge is -2.08. The van der Waals surface area contributed by atoms with E-state index >= 15 is 0 Å². The molecule has 0 saturated heterocycles. The minimum atomic E-state index is -2.02. The zero-order valence-corrected chi connectivity index (χ0v) is 8.27. The molecule has 11 heavy (non-hydrogen) atoms. The topological polar surface area (TPSA) is 17.1 Å². The fourth-order valence-corrected chi connectivity index (χ4v) is 4.08. The minimum absolute atomic E-state index is 0.521. The van der Waals surface area contributed by atoms with Gasteiger partial charge in [0.1, 0.15) is 7.14 Å². The van der Waals surface area contributed by atoms with Crippen LogP contribution in [0, 0.1) is 5.92 Å². The van der Waals surface area contributed by atoms with Crippen molar-refractivity contribution >= 4 is 7.14 Å². The summed E-state index contributed by atoms with van der Waals surface area (Å²) in [4.78, 5) is 0. The van der Waals surface area contributed by atoms with Crippen LogP contribution in [0.1, 0.15) is 20.8 Å². The summed E-state index contributed by atoms with van der Waals surface area (Å²) in [6.07, 6.45) is 2.78. The lowest BCUT2D eigenvalue weighted by atomic mass is 10.3. The summed E-state index contributed by atoms with van der Waals surface area (Å²) in [6.45, 7) is 6.21. The van der Waals surface area contributed by atoms with Gasteiger partial charge < -0.3 is 4.57 Å². The molecule has 0 spiro atoms. The molecule has 0 saturated carbocycles. The van der Waals surface area contributed by atoms with Gasteiger partial charge in [0, 0.05) is 6.16 Å². The van der Waals surface area contributed by atoms with Crippen molar-refractivity contribution in [2.24, 2.45) is 5.92 Å². The summed E-state index contributed by atoms with van der Waals surface area (Å²) in [6, 6.07) is 0. The Hall–Kier alpha value is -0.290. The highest BCUT2D eigenvalue weighted by Crippen LogP contribution is 2.54. The van der Waals surface area contributed by atoms with E-state index in [4.69, 9.17) is 0 Å². The van der Waals surface area contributed by atoms with E-state index in [1.165, 1.54) is 0 Å². The van der Waals surface area contributed by atoms with Gasteiger partial charge in [-0.05, 0) is 30.0 Å². The molecule has 0 bridgehead atoms. The van der Waals surface area contributed by atoms with E-state index in [0.717, 1.165) is 11.7 Å². The molecule has 0 radical (unpaired) electrons. The molecule has 1 heterocycles. The van der Waals surface area contributed by atoms with Crippen molar-refractivity contribution in [2.45, 2.75) is 20.8 Å². The van der Waals surface area contributed by atoms with Gasteiger partial charge in [-0.3, -0.25) is 0 Å². The Morgan fingerprint density at radius 2 is 2.18 bits per heavy atom. The van der Waals surface area contributed by atoms with Crippen molar-refractivity contribution in [3.8, 4) is 0 Å². The first-order chi connectivity index (χ1) is 5.02. The Balaban J connectivity index is 2.73. The molecule has 1 rings (SSSR count). The number of rotatable bonds is 2. The summed E-state index contributed by atoms with van der Waals surface area (Å²) in [5.41, 5.74) is 1.15. The average Bonchev–Trinajstić information content (AvgIpc) is 2.08. The number of allylic oxidation sites excluding steroid dienone is 2. The quantitative estimate of drug-likeness (QED) is 0.580. The highest BCUT2D eigenvalue weighted by atomic mass is 31.2. The second kappa shape index (κ2) is 2.98. The lowest BCUT2D eigenvalue weighted by Crippen LogP contribution is -1.93. The van der Waals surface area contributed by atoms with Crippen LogP contribution in [0.3, 0.4) is 0 Å². The molecule has 62 valence electrons. The highest BCUT2D eigenvalue weighted by molar-refractivity contribution is 7.70. The van der Waals surface area contributed by atoms with Crippen LogP contribution >= 0.6 is 7.14 Å². The maximum Gasteiger partial charge on any atom is 0.130 e. The Bertz CT molecular complexity index is 248. The standard InChI is InChI=1S/C9H15OP/c1-8(2)6-11(10)5-4-9(3)7-11/h4-5,7-8H,6H2,1-3H3. The van der Waals surface area contributed by atoms with Gasteiger partial charge in [0.25, 0.3) is 0 Å². The fourth-order valence-electron chi connectivity index (χ4n) is 1.36.